The number of aromatic amines is 1. The molecule has 3 aromatic rings. The minimum Gasteiger partial charge on any atom is -0.345 e. The van der Waals surface area contributed by atoms with Gasteiger partial charge in [-0.2, -0.15) is 0 Å². The lowest BCUT2D eigenvalue weighted by molar-refractivity contribution is -0.129. The highest BCUT2D eigenvalue weighted by Gasteiger charge is 2.30. The van der Waals surface area contributed by atoms with E-state index in [-0.39, 0.29) is 18.2 Å². The summed E-state index contributed by atoms with van der Waals surface area (Å²) in [6.07, 6.45) is 9.78. The number of hydrogen-bond acceptors (Lipinski definition) is 4. The highest BCUT2D eigenvalue weighted by Crippen LogP contribution is 2.28. The Balaban J connectivity index is 1.72. The number of nitrogens with zero attached hydrogens (tertiary/aromatic N) is 5. The second-order valence-electron chi connectivity index (χ2n) is 5.43. The van der Waals surface area contributed by atoms with E-state index in [1.54, 1.807) is 11.1 Å². The van der Waals surface area contributed by atoms with Crippen LogP contribution in [0.5, 0.6) is 0 Å². The van der Waals surface area contributed by atoms with Gasteiger partial charge in [-0.3, -0.25) is 9.20 Å². The van der Waals surface area contributed by atoms with Gasteiger partial charge in [-0.1, -0.05) is 5.92 Å². The average molecular weight is 294 g/mol. The maximum atomic E-state index is 11.9. The van der Waals surface area contributed by atoms with Crippen LogP contribution in [0, 0.1) is 12.3 Å². The number of amides is 1. The third-order valence-electron chi connectivity index (χ3n) is 4.13. The number of fused-ring (bicyclic) bond motifs is 3. The average Bonchev–Trinajstić information content (AvgIpc) is 3.24. The minimum atomic E-state index is 0.00674. The van der Waals surface area contributed by atoms with Gasteiger partial charge in [-0.05, 0) is 12.5 Å². The fourth-order valence-electron chi connectivity index (χ4n) is 3.06. The predicted octanol–water partition coefficient (Wildman–Crippen LogP) is 0.945. The highest BCUT2D eigenvalue weighted by atomic mass is 16.2. The Morgan fingerprint density at radius 1 is 1.50 bits per heavy atom. The molecule has 22 heavy (non-hydrogen) atoms. The first-order valence-corrected chi connectivity index (χ1v) is 7.16. The van der Waals surface area contributed by atoms with Gasteiger partial charge in [0.1, 0.15) is 5.82 Å². The van der Waals surface area contributed by atoms with Gasteiger partial charge in [0, 0.05) is 25.2 Å². The lowest BCUT2D eigenvalue weighted by Crippen LogP contribution is -2.28. The van der Waals surface area contributed by atoms with Crippen molar-refractivity contribution in [1.29, 1.82) is 0 Å². The van der Waals surface area contributed by atoms with Gasteiger partial charge in [0.25, 0.3) is 0 Å². The van der Waals surface area contributed by atoms with Gasteiger partial charge < -0.3 is 9.88 Å². The number of aromatic nitrogens is 5. The van der Waals surface area contributed by atoms with E-state index in [0.29, 0.717) is 13.1 Å². The van der Waals surface area contributed by atoms with E-state index in [4.69, 9.17) is 6.42 Å². The largest absolute Gasteiger partial charge is 0.345 e. The molecular formula is C15H14N6O. The minimum absolute atomic E-state index is 0.00674. The van der Waals surface area contributed by atoms with Crippen LogP contribution < -0.4 is 0 Å². The first kappa shape index (κ1) is 12.8. The SMILES string of the molecule is C#CCC(=O)N1CC[C@H](c2nnc3cnc4[nH]ccc4n23)C1. The summed E-state index contributed by atoms with van der Waals surface area (Å²) in [7, 11) is 0. The van der Waals surface area contributed by atoms with E-state index in [2.05, 4.69) is 26.1 Å². The van der Waals surface area contributed by atoms with Crippen LogP contribution in [0.2, 0.25) is 0 Å². The molecule has 4 heterocycles. The third-order valence-corrected chi connectivity index (χ3v) is 4.13. The van der Waals surface area contributed by atoms with Crippen LogP contribution in [0.3, 0.4) is 0 Å². The lowest BCUT2D eigenvalue weighted by atomic mass is 10.1. The monoisotopic (exact) mass is 294 g/mol. The van der Waals surface area contributed by atoms with Crippen LogP contribution in [0.15, 0.2) is 18.5 Å². The van der Waals surface area contributed by atoms with E-state index in [0.717, 1.165) is 29.1 Å². The number of likely N-dealkylation sites (tertiary alicyclic amines) is 1. The number of H-pyrrole nitrogens is 1. The van der Waals surface area contributed by atoms with Gasteiger partial charge in [-0.15, -0.1) is 16.6 Å². The van der Waals surface area contributed by atoms with E-state index >= 15 is 0 Å². The van der Waals surface area contributed by atoms with Gasteiger partial charge in [0.05, 0.1) is 18.1 Å². The van der Waals surface area contributed by atoms with Crippen LogP contribution >= 0.6 is 0 Å². The maximum absolute atomic E-state index is 11.9. The number of hydrogen-bond donors (Lipinski definition) is 1. The fraction of sp³-hybridized carbons (Fsp3) is 0.333. The van der Waals surface area contributed by atoms with Crippen molar-refractivity contribution < 1.29 is 4.79 Å². The Morgan fingerprint density at radius 3 is 3.27 bits per heavy atom. The molecule has 4 rings (SSSR count). The van der Waals surface area contributed by atoms with Crippen molar-refractivity contribution in [1.82, 2.24) is 29.5 Å². The van der Waals surface area contributed by atoms with Crippen molar-refractivity contribution in [3.8, 4) is 12.3 Å². The number of terminal acetylenes is 1. The first-order chi connectivity index (χ1) is 10.8. The van der Waals surface area contributed by atoms with Crippen LogP contribution in [-0.2, 0) is 4.79 Å². The molecule has 1 aliphatic heterocycles. The molecule has 3 aromatic heterocycles. The van der Waals surface area contributed by atoms with Crippen molar-refractivity contribution in [3.05, 3.63) is 24.3 Å². The summed E-state index contributed by atoms with van der Waals surface area (Å²) >= 11 is 0. The number of carbonyl (C=O) groups excluding carboxylic acids is 1. The van der Waals surface area contributed by atoms with Crippen molar-refractivity contribution in [2.45, 2.75) is 18.8 Å². The van der Waals surface area contributed by atoms with E-state index in [9.17, 15) is 4.79 Å². The zero-order chi connectivity index (χ0) is 15.1. The molecule has 1 amide bonds. The molecule has 1 atom stereocenters. The summed E-state index contributed by atoms with van der Waals surface area (Å²) in [6, 6.07) is 1.96. The normalized spacial score (nSPS) is 18.1. The van der Waals surface area contributed by atoms with Crippen molar-refractivity contribution in [3.63, 3.8) is 0 Å². The third kappa shape index (κ3) is 1.84. The van der Waals surface area contributed by atoms with Gasteiger partial charge in [0.15, 0.2) is 11.3 Å². The van der Waals surface area contributed by atoms with Gasteiger partial charge in [0.2, 0.25) is 5.91 Å². The van der Waals surface area contributed by atoms with Gasteiger partial charge in [-0.25, -0.2) is 4.98 Å². The molecule has 110 valence electrons. The molecule has 0 radical (unpaired) electrons. The molecule has 0 bridgehead atoms. The summed E-state index contributed by atoms with van der Waals surface area (Å²) in [5.41, 5.74) is 2.47. The van der Waals surface area contributed by atoms with Crippen LogP contribution in [-0.4, -0.2) is 48.5 Å². The fourth-order valence-corrected chi connectivity index (χ4v) is 3.06. The Kier molecular flexibility index (Phi) is 2.82. The topological polar surface area (TPSA) is 79.2 Å². The summed E-state index contributed by atoms with van der Waals surface area (Å²) in [4.78, 5) is 21.1. The molecule has 7 nitrogen and oxygen atoms in total. The Hall–Kier alpha value is -2.88. The molecule has 1 fully saturated rings. The Labute approximate surface area is 126 Å². The zero-order valence-electron chi connectivity index (χ0n) is 11.9. The molecule has 1 N–H and O–H groups in total. The smallest absolute Gasteiger partial charge is 0.234 e. The van der Waals surface area contributed by atoms with Crippen LogP contribution in [0.4, 0.5) is 0 Å². The molecule has 0 aliphatic carbocycles. The molecule has 7 heteroatoms. The first-order valence-electron chi connectivity index (χ1n) is 7.16. The highest BCUT2D eigenvalue weighted by molar-refractivity contribution is 5.79. The van der Waals surface area contributed by atoms with Crippen LogP contribution in [0.25, 0.3) is 16.8 Å². The molecule has 0 spiro atoms. The maximum Gasteiger partial charge on any atom is 0.234 e. The quantitative estimate of drug-likeness (QED) is 0.714. The van der Waals surface area contributed by atoms with Crippen molar-refractivity contribution in [2.24, 2.45) is 0 Å². The lowest BCUT2D eigenvalue weighted by Gasteiger charge is -2.14. The summed E-state index contributed by atoms with van der Waals surface area (Å²) < 4.78 is 2.01. The van der Waals surface area contributed by atoms with E-state index in [1.165, 1.54) is 0 Å². The van der Waals surface area contributed by atoms with E-state index in [1.807, 2.05) is 16.7 Å². The second-order valence-corrected chi connectivity index (χ2v) is 5.43. The molecule has 1 saturated heterocycles. The second kappa shape index (κ2) is 4.84. The summed E-state index contributed by atoms with van der Waals surface area (Å²) in [6.45, 7) is 1.34. The standard InChI is InChI=1S/C15H14N6O/c1-2-3-13(22)20-7-5-10(9-20)15-19-18-12-8-17-14-11(21(12)15)4-6-16-14/h1,4,6,8,10,16H,3,5,7,9H2/t10-/m0/s1. The molecular weight excluding hydrogens is 280 g/mol. The number of carbonyl (C=O) groups is 1. The summed E-state index contributed by atoms with van der Waals surface area (Å²) in [5, 5.41) is 8.53. The van der Waals surface area contributed by atoms with E-state index < -0.39 is 0 Å². The van der Waals surface area contributed by atoms with Crippen LogP contribution in [0.1, 0.15) is 24.6 Å². The molecule has 0 aromatic carbocycles. The number of rotatable bonds is 2. The molecule has 0 unspecified atom stereocenters. The van der Waals surface area contributed by atoms with Gasteiger partial charge >= 0.3 is 0 Å². The zero-order valence-corrected chi connectivity index (χ0v) is 11.9. The number of nitrogens with one attached hydrogen (secondary N) is 1. The van der Waals surface area contributed by atoms with Crippen molar-refractivity contribution in [2.75, 3.05) is 13.1 Å². The Morgan fingerprint density at radius 2 is 2.41 bits per heavy atom. The predicted molar refractivity (Wildman–Crippen MR) is 80.0 cm³/mol. The summed E-state index contributed by atoms with van der Waals surface area (Å²) in [5.74, 6) is 3.45. The van der Waals surface area contributed by atoms with Crippen molar-refractivity contribution >= 4 is 22.7 Å². The molecule has 0 saturated carbocycles. The Bertz CT molecular complexity index is 902. The molecule has 1 aliphatic rings.